The molecule has 0 aliphatic carbocycles. The fourth-order valence-corrected chi connectivity index (χ4v) is 3.71. The van der Waals surface area contributed by atoms with E-state index in [0.29, 0.717) is 18.8 Å². The second-order valence-corrected chi connectivity index (χ2v) is 6.91. The normalized spacial score (nSPS) is 14.7. The van der Waals surface area contributed by atoms with E-state index >= 15 is 0 Å². The summed E-state index contributed by atoms with van der Waals surface area (Å²) in [5.41, 5.74) is 1.28. The number of nitrogens with zero attached hydrogens (tertiary/aromatic N) is 3. The summed E-state index contributed by atoms with van der Waals surface area (Å²) < 4.78 is 14.1. The van der Waals surface area contributed by atoms with Crippen molar-refractivity contribution in [3.8, 4) is 0 Å². The van der Waals surface area contributed by atoms with Crippen molar-refractivity contribution in [2.75, 3.05) is 23.3 Å². The molecule has 4 rings (SSSR count). The highest BCUT2D eigenvalue weighted by Crippen LogP contribution is 2.33. The lowest BCUT2D eigenvalue weighted by Gasteiger charge is -2.37. The van der Waals surface area contributed by atoms with E-state index in [2.05, 4.69) is 15.3 Å². The number of rotatable bonds is 3. The van der Waals surface area contributed by atoms with E-state index in [1.807, 2.05) is 4.90 Å². The van der Waals surface area contributed by atoms with Gasteiger partial charge in [-0.05, 0) is 30.3 Å². The first kappa shape index (κ1) is 15.3. The van der Waals surface area contributed by atoms with Gasteiger partial charge in [0.15, 0.2) is 10.3 Å². The number of hydrogen-bond acceptors (Lipinski definition) is 5. The lowest BCUT2D eigenvalue weighted by molar-refractivity contribution is -0.120. The molecular formula is C16H12ClFN4OS. The molecule has 1 aliphatic rings. The SMILES string of the molecule is O=C(Nc1cccnc1Cl)C1CN(c2nc3ccc(F)cc3s2)C1. The van der Waals surface area contributed by atoms with Crippen LogP contribution in [0, 0.1) is 11.7 Å². The van der Waals surface area contributed by atoms with E-state index in [1.54, 1.807) is 24.4 Å². The Labute approximate surface area is 146 Å². The first-order valence-corrected chi connectivity index (χ1v) is 8.52. The number of nitrogens with one attached hydrogen (secondary N) is 1. The van der Waals surface area contributed by atoms with E-state index in [1.165, 1.54) is 23.5 Å². The van der Waals surface area contributed by atoms with Gasteiger partial charge in [0.2, 0.25) is 5.91 Å². The molecule has 8 heteroatoms. The van der Waals surface area contributed by atoms with Gasteiger partial charge in [0.05, 0.1) is 21.8 Å². The Morgan fingerprint density at radius 1 is 1.38 bits per heavy atom. The van der Waals surface area contributed by atoms with Crippen molar-refractivity contribution in [3.63, 3.8) is 0 Å². The van der Waals surface area contributed by atoms with Crippen LogP contribution in [0.3, 0.4) is 0 Å². The van der Waals surface area contributed by atoms with Gasteiger partial charge in [-0.3, -0.25) is 4.79 Å². The van der Waals surface area contributed by atoms with Gasteiger partial charge in [-0.1, -0.05) is 22.9 Å². The van der Waals surface area contributed by atoms with E-state index in [0.717, 1.165) is 15.3 Å². The minimum Gasteiger partial charge on any atom is -0.346 e. The van der Waals surface area contributed by atoms with Crippen LogP contribution in [0.5, 0.6) is 0 Å². The zero-order valence-electron chi connectivity index (χ0n) is 12.4. The number of hydrogen-bond donors (Lipinski definition) is 1. The van der Waals surface area contributed by atoms with Crippen LogP contribution in [-0.2, 0) is 4.79 Å². The predicted octanol–water partition coefficient (Wildman–Crippen LogP) is 3.56. The fraction of sp³-hybridized carbons (Fsp3) is 0.188. The summed E-state index contributed by atoms with van der Waals surface area (Å²) in [6.45, 7) is 1.15. The Balaban J connectivity index is 1.42. The molecule has 3 aromatic rings. The molecule has 1 amide bonds. The monoisotopic (exact) mass is 362 g/mol. The number of fused-ring (bicyclic) bond motifs is 1. The minimum atomic E-state index is -0.271. The molecule has 1 fully saturated rings. The summed E-state index contributed by atoms with van der Waals surface area (Å²) in [7, 11) is 0. The highest BCUT2D eigenvalue weighted by Gasteiger charge is 2.34. The van der Waals surface area contributed by atoms with Crippen LogP contribution >= 0.6 is 22.9 Å². The zero-order valence-corrected chi connectivity index (χ0v) is 13.9. The molecule has 1 aromatic carbocycles. The van der Waals surface area contributed by atoms with Gasteiger partial charge in [-0.15, -0.1) is 0 Å². The van der Waals surface area contributed by atoms with Gasteiger partial charge in [0.25, 0.3) is 0 Å². The number of benzene rings is 1. The van der Waals surface area contributed by atoms with Crippen molar-refractivity contribution in [1.29, 1.82) is 0 Å². The number of thiazole rings is 1. The molecule has 3 heterocycles. The lowest BCUT2D eigenvalue weighted by Crippen LogP contribution is -2.52. The summed E-state index contributed by atoms with van der Waals surface area (Å²) >= 11 is 7.37. The largest absolute Gasteiger partial charge is 0.346 e. The van der Waals surface area contributed by atoms with Crippen molar-refractivity contribution in [3.05, 3.63) is 47.5 Å². The summed E-state index contributed by atoms with van der Waals surface area (Å²) in [5, 5.41) is 3.87. The van der Waals surface area contributed by atoms with Gasteiger partial charge >= 0.3 is 0 Å². The summed E-state index contributed by atoms with van der Waals surface area (Å²) in [4.78, 5) is 22.7. The third-order valence-electron chi connectivity index (χ3n) is 3.88. The third-order valence-corrected chi connectivity index (χ3v) is 5.26. The van der Waals surface area contributed by atoms with Crippen LogP contribution in [0.2, 0.25) is 5.15 Å². The average molecular weight is 363 g/mol. The second kappa shape index (κ2) is 5.99. The molecule has 0 radical (unpaired) electrons. The molecule has 1 aliphatic heterocycles. The van der Waals surface area contributed by atoms with E-state index < -0.39 is 0 Å². The summed E-state index contributed by atoms with van der Waals surface area (Å²) in [6.07, 6.45) is 1.57. The van der Waals surface area contributed by atoms with Gasteiger partial charge < -0.3 is 10.2 Å². The maximum Gasteiger partial charge on any atom is 0.231 e. The Hall–Kier alpha value is -2.25. The molecule has 0 spiro atoms. The Kier molecular flexibility index (Phi) is 3.82. The molecule has 1 N–H and O–H groups in total. The Bertz CT molecular complexity index is 925. The summed E-state index contributed by atoms with van der Waals surface area (Å²) in [6, 6.07) is 7.97. The summed E-state index contributed by atoms with van der Waals surface area (Å²) in [5.74, 6) is -0.495. The molecule has 0 unspecified atom stereocenters. The molecule has 5 nitrogen and oxygen atoms in total. The van der Waals surface area contributed by atoms with Crippen LogP contribution in [0.15, 0.2) is 36.5 Å². The highest BCUT2D eigenvalue weighted by atomic mass is 35.5. The van der Waals surface area contributed by atoms with Crippen molar-refractivity contribution >= 4 is 49.9 Å². The maximum absolute atomic E-state index is 13.2. The van der Waals surface area contributed by atoms with Gasteiger partial charge in [-0.25, -0.2) is 14.4 Å². The number of pyridine rings is 1. The molecule has 0 atom stereocenters. The highest BCUT2D eigenvalue weighted by molar-refractivity contribution is 7.22. The van der Waals surface area contributed by atoms with Gasteiger partial charge in [0, 0.05) is 19.3 Å². The van der Waals surface area contributed by atoms with Crippen molar-refractivity contribution in [2.24, 2.45) is 5.92 Å². The number of anilines is 2. The van der Waals surface area contributed by atoms with Crippen molar-refractivity contribution < 1.29 is 9.18 Å². The smallest absolute Gasteiger partial charge is 0.231 e. The number of carbonyl (C=O) groups is 1. The minimum absolute atomic E-state index is 0.0895. The first-order chi connectivity index (χ1) is 11.6. The van der Waals surface area contributed by atoms with Gasteiger partial charge in [0.1, 0.15) is 5.82 Å². The topological polar surface area (TPSA) is 58.1 Å². The molecular weight excluding hydrogens is 351 g/mol. The molecule has 24 heavy (non-hydrogen) atoms. The Morgan fingerprint density at radius 2 is 2.21 bits per heavy atom. The maximum atomic E-state index is 13.2. The number of halogens is 2. The van der Waals surface area contributed by atoms with E-state index in [-0.39, 0.29) is 22.8 Å². The van der Waals surface area contributed by atoms with Crippen molar-refractivity contribution in [1.82, 2.24) is 9.97 Å². The quantitative estimate of drug-likeness (QED) is 0.724. The lowest BCUT2D eigenvalue weighted by atomic mass is 10.00. The van der Waals surface area contributed by atoms with Crippen LogP contribution in [-0.4, -0.2) is 29.0 Å². The fourth-order valence-electron chi connectivity index (χ4n) is 2.54. The third kappa shape index (κ3) is 2.81. The van der Waals surface area contributed by atoms with Crippen LogP contribution in [0.25, 0.3) is 10.2 Å². The van der Waals surface area contributed by atoms with E-state index in [4.69, 9.17) is 11.6 Å². The number of aromatic nitrogens is 2. The predicted molar refractivity (Wildman–Crippen MR) is 93.2 cm³/mol. The molecule has 2 aromatic heterocycles. The Morgan fingerprint density at radius 3 is 3.00 bits per heavy atom. The second-order valence-electron chi connectivity index (χ2n) is 5.54. The van der Waals surface area contributed by atoms with Crippen molar-refractivity contribution in [2.45, 2.75) is 0 Å². The van der Waals surface area contributed by atoms with Crippen LogP contribution in [0.1, 0.15) is 0 Å². The molecule has 0 saturated carbocycles. The van der Waals surface area contributed by atoms with Crippen LogP contribution < -0.4 is 10.2 Å². The van der Waals surface area contributed by atoms with Crippen LogP contribution in [0.4, 0.5) is 15.2 Å². The standard InChI is InChI=1S/C16H12ClFN4OS/c17-14-12(2-1-5-19-14)20-15(23)9-7-22(8-9)16-21-11-4-3-10(18)6-13(11)24-16/h1-6,9H,7-8H2,(H,20,23). The average Bonchev–Trinajstić information content (AvgIpc) is 2.90. The number of amides is 1. The molecule has 1 saturated heterocycles. The molecule has 0 bridgehead atoms. The zero-order chi connectivity index (χ0) is 16.7. The number of carbonyl (C=O) groups excluding carboxylic acids is 1. The van der Waals surface area contributed by atoms with E-state index in [9.17, 15) is 9.18 Å². The first-order valence-electron chi connectivity index (χ1n) is 7.32. The molecule has 122 valence electrons. The van der Waals surface area contributed by atoms with Gasteiger partial charge in [-0.2, -0.15) is 0 Å².